The molecule has 6 heteroatoms. The molecule has 4 aromatic rings. The van der Waals surface area contributed by atoms with Crippen LogP contribution in [0, 0.1) is 0 Å². The van der Waals surface area contributed by atoms with Gasteiger partial charge in [0.05, 0.1) is 12.1 Å². The lowest BCUT2D eigenvalue weighted by molar-refractivity contribution is 0.0180. The van der Waals surface area contributed by atoms with Crippen LogP contribution in [0.1, 0.15) is 64.9 Å². The van der Waals surface area contributed by atoms with Gasteiger partial charge in [0.25, 0.3) is 0 Å². The number of hydrogen-bond acceptors (Lipinski definition) is 5. The van der Waals surface area contributed by atoms with Crippen molar-refractivity contribution in [2.45, 2.75) is 51.3 Å². The highest BCUT2D eigenvalue weighted by Gasteiger charge is 2.35. The lowest BCUT2D eigenvalue weighted by Crippen LogP contribution is -2.43. The van der Waals surface area contributed by atoms with Crippen LogP contribution in [0.2, 0.25) is 0 Å². The summed E-state index contributed by atoms with van der Waals surface area (Å²) in [5.74, 6) is 0. The van der Waals surface area contributed by atoms with Gasteiger partial charge in [0, 0.05) is 22.8 Å². The van der Waals surface area contributed by atoms with Crippen molar-refractivity contribution in [3.63, 3.8) is 0 Å². The van der Waals surface area contributed by atoms with Gasteiger partial charge in [-0.2, -0.15) is 0 Å². The number of fused-ring (bicyclic) bond motifs is 2. The molecule has 2 aromatic carbocycles. The molecule has 0 fully saturated rings. The van der Waals surface area contributed by atoms with Crippen LogP contribution in [0.4, 0.5) is 4.79 Å². The summed E-state index contributed by atoms with van der Waals surface area (Å²) in [6, 6.07) is 25.6. The largest absolute Gasteiger partial charge is 0.444 e. The van der Waals surface area contributed by atoms with Crippen molar-refractivity contribution < 1.29 is 9.53 Å². The van der Waals surface area contributed by atoms with E-state index in [1.807, 2.05) is 55.2 Å². The zero-order valence-electron chi connectivity index (χ0n) is 21.6. The fraction of sp³-hybridized carbons (Fsp3) is 0.323. The van der Waals surface area contributed by atoms with Crippen molar-refractivity contribution >= 4 is 28.8 Å². The highest BCUT2D eigenvalue weighted by atomic mass is 32.1. The summed E-state index contributed by atoms with van der Waals surface area (Å²) in [6.45, 7) is 7.50. The molecule has 0 spiro atoms. The normalized spacial score (nSPS) is 18.7. The molecule has 2 aliphatic heterocycles. The van der Waals surface area contributed by atoms with E-state index in [0.717, 1.165) is 18.5 Å². The van der Waals surface area contributed by atoms with Crippen LogP contribution in [0.15, 0.2) is 83.6 Å². The quantitative estimate of drug-likeness (QED) is 0.290. The first-order valence-corrected chi connectivity index (χ1v) is 14.6. The molecule has 1 amide bonds. The van der Waals surface area contributed by atoms with Gasteiger partial charge >= 0.3 is 6.09 Å². The summed E-state index contributed by atoms with van der Waals surface area (Å²) in [5.41, 5.74) is 4.73. The number of rotatable bonds is 2. The van der Waals surface area contributed by atoms with Crippen molar-refractivity contribution in [1.29, 1.82) is 0 Å². The van der Waals surface area contributed by atoms with E-state index in [1.165, 1.54) is 28.0 Å². The Kier molecular flexibility index (Phi) is 7.79. The van der Waals surface area contributed by atoms with Crippen LogP contribution in [-0.2, 0) is 17.6 Å². The molecule has 4 nitrogen and oxygen atoms in total. The highest BCUT2D eigenvalue weighted by molar-refractivity contribution is 7.10. The fourth-order valence-electron chi connectivity index (χ4n) is 5.02. The Labute approximate surface area is 227 Å². The Balaban J connectivity index is 0.000000162. The van der Waals surface area contributed by atoms with Gasteiger partial charge in [0.15, 0.2) is 0 Å². The van der Waals surface area contributed by atoms with Gasteiger partial charge in [-0.25, -0.2) is 4.79 Å². The van der Waals surface area contributed by atoms with Crippen LogP contribution in [0.3, 0.4) is 0 Å². The van der Waals surface area contributed by atoms with E-state index in [0.29, 0.717) is 12.6 Å². The number of benzene rings is 2. The van der Waals surface area contributed by atoms with E-state index in [1.54, 1.807) is 16.2 Å². The molecule has 0 saturated heterocycles. The number of ether oxygens (including phenoxy) is 1. The van der Waals surface area contributed by atoms with Crippen molar-refractivity contribution in [3.05, 3.63) is 116 Å². The Morgan fingerprint density at radius 1 is 0.838 bits per heavy atom. The second-order valence-electron chi connectivity index (χ2n) is 10.4. The third kappa shape index (κ3) is 5.98. The van der Waals surface area contributed by atoms with Crippen LogP contribution in [-0.4, -0.2) is 29.7 Å². The second kappa shape index (κ2) is 11.2. The van der Waals surface area contributed by atoms with E-state index in [4.69, 9.17) is 4.74 Å². The van der Waals surface area contributed by atoms with Crippen LogP contribution in [0.5, 0.6) is 0 Å². The van der Waals surface area contributed by atoms with E-state index < -0.39 is 5.60 Å². The number of hydrogen-bond donors (Lipinski definition) is 1. The third-order valence-electron chi connectivity index (χ3n) is 6.63. The standard InChI is InChI=1S/C18H21NO2S.C13H13NS/c1-18(2,3)21-17(20)19-11-9-15-14(10-12-22-15)16(19)13-7-5-4-6-8-13;1-2-4-10(5-3-1)13-11-7-9-15-12(11)6-8-14-13/h4-8,10,12,16H,9,11H2,1-3H3;1-5,7,9,13-14H,6,8H2. The lowest BCUT2D eigenvalue weighted by Gasteiger charge is -2.37. The summed E-state index contributed by atoms with van der Waals surface area (Å²) in [5, 5.41) is 7.90. The molecule has 0 saturated carbocycles. The number of carbonyl (C=O) groups is 1. The van der Waals surface area contributed by atoms with E-state index in [2.05, 4.69) is 70.7 Å². The number of amides is 1. The first-order chi connectivity index (χ1) is 17.9. The van der Waals surface area contributed by atoms with E-state index in [-0.39, 0.29) is 12.1 Å². The number of nitrogens with zero attached hydrogens (tertiary/aromatic N) is 1. The van der Waals surface area contributed by atoms with Crippen molar-refractivity contribution in [3.8, 4) is 0 Å². The molecule has 37 heavy (non-hydrogen) atoms. The highest BCUT2D eigenvalue weighted by Crippen LogP contribution is 2.38. The Bertz CT molecular complexity index is 1310. The molecule has 2 unspecified atom stereocenters. The Morgan fingerprint density at radius 2 is 1.43 bits per heavy atom. The van der Waals surface area contributed by atoms with Gasteiger partial charge in [-0.3, -0.25) is 4.90 Å². The molecule has 1 N–H and O–H groups in total. The Morgan fingerprint density at radius 3 is 2.08 bits per heavy atom. The first-order valence-electron chi connectivity index (χ1n) is 12.9. The predicted molar refractivity (Wildman–Crippen MR) is 154 cm³/mol. The molecule has 0 radical (unpaired) electrons. The fourth-order valence-corrected chi connectivity index (χ4v) is 6.85. The van der Waals surface area contributed by atoms with E-state index in [9.17, 15) is 4.79 Å². The molecule has 6 rings (SSSR count). The number of carbonyl (C=O) groups excluding carboxylic acids is 1. The second-order valence-corrected chi connectivity index (χ2v) is 12.4. The molecule has 4 heterocycles. The molecular weight excluding hydrogens is 496 g/mol. The summed E-state index contributed by atoms with van der Waals surface area (Å²) in [6.07, 6.45) is 1.84. The van der Waals surface area contributed by atoms with Crippen LogP contribution in [0.25, 0.3) is 0 Å². The van der Waals surface area contributed by atoms with Gasteiger partial charge < -0.3 is 10.1 Å². The monoisotopic (exact) mass is 530 g/mol. The molecule has 192 valence electrons. The predicted octanol–water partition coefficient (Wildman–Crippen LogP) is 7.61. The van der Waals surface area contributed by atoms with Gasteiger partial charge in [-0.05, 0) is 78.8 Å². The van der Waals surface area contributed by atoms with Gasteiger partial charge in [-0.15, -0.1) is 22.7 Å². The van der Waals surface area contributed by atoms with Crippen molar-refractivity contribution in [2.75, 3.05) is 13.1 Å². The number of nitrogens with one attached hydrogen (secondary N) is 1. The maximum absolute atomic E-state index is 12.6. The Hall–Kier alpha value is -2.93. The molecular formula is C31H34N2O2S2. The SMILES string of the molecule is CC(C)(C)OC(=O)N1CCc2sccc2C1c1ccccc1.c1ccc(C2NCCc3sccc32)cc1. The maximum Gasteiger partial charge on any atom is 0.411 e. The average molecular weight is 531 g/mol. The molecule has 2 atom stereocenters. The van der Waals surface area contributed by atoms with Crippen LogP contribution < -0.4 is 5.32 Å². The zero-order valence-corrected chi connectivity index (χ0v) is 23.3. The molecule has 2 aliphatic rings. The molecule has 0 bridgehead atoms. The smallest absolute Gasteiger partial charge is 0.411 e. The van der Waals surface area contributed by atoms with E-state index >= 15 is 0 Å². The van der Waals surface area contributed by atoms with Crippen molar-refractivity contribution in [2.24, 2.45) is 0 Å². The minimum absolute atomic E-state index is 0.0500. The average Bonchev–Trinajstić information content (AvgIpc) is 3.58. The van der Waals surface area contributed by atoms with Gasteiger partial charge in [0.2, 0.25) is 0 Å². The third-order valence-corrected chi connectivity index (χ3v) is 8.63. The summed E-state index contributed by atoms with van der Waals surface area (Å²) < 4.78 is 5.61. The summed E-state index contributed by atoms with van der Waals surface area (Å²) in [7, 11) is 0. The summed E-state index contributed by atoms with van der Waals surface area (Å²) >= 11 is 3.66. The zero-order chi connectivity index (χ0) is 25.8. The summed E-state index contributed by atoms with van der Waals surface area (Å²) in [4.78, 5) is 17.4. The number of thiophene rings is 2. The van der Waals surface area contributed by atoms with Crippen LogP contribution >= 0.6 is 22.7 Å². The molecule has 2 aromatic heterocycles. The lowest BCUT2D eigenvalue weighted by atomic mass is 9.94. The first kappa shape index (κ1) is 25.7. The minimum atomic E-state index is -0.479. The minimum Gasteiger partial charge on any atom is -0.444 e. The molecule has 0 aliphatic carbocycles. The maximum atomic E-state index is 12.6. The van der Waals surface area contributed by atoms with Gasteiger partial charge in [0.1, 0.15) is 5.60 Å². The van der Waals surface area contributed by atoms with Crippen molar-refractivity contribution in [1.82, 2.24) is 10.2 Å². The topological polar surface area (TPSA) is 41.6 Å². The van der Waals surface area contributed by atoms with Gasteiger partial charge in [-0.1, -0.05) is 60.7 Å².